The van der Waals surface area contributed by atoms with Gasteiger partial charge in [-0.1, -0.05) is 0 Å². The first-order valence-electron chi connectivity index (χ1n) is 5.40. The third kappa shape index (κ3) is 3.21. The lowest BCUT2D eigenvalue weighted by atomic mass is 9.86. The SMILES string of the molecule is COC(=O)CNC1=C(OC)C(=O)C[C@](O)(CO)C1. The van der Waals surface area contributed by atoms with Crippen molar-refractivity contribution < 1.29 is 29.3 Å². The summed E-state index contributed by atoms with van der Waals surface area (Å²) >= 11 is 0. The Labute approximate surface area is 104 Å². The molecule has 3 N–H and O–H groups in total. The van der Waals surface area contributed by atoms with E-state index in [0.717, 1.165) is 0 Å². The number of nitrogens with one attached hydrogen (secondary N) is 1. The molecule has 0 aromatic heterocycles. The second kappa shape index (κ2) is 5.83. The minimum atomic E-state index is -1.52. The van der Waals surface area contributed by atoms with E-state index < -0.39 is 24.0 Å². The first-order valence-corrected chi connectivity index (χ1v) is 5.40. The highest BCUT2D eigenvalue weighted by Crippen LogP contribution is 2.29. The van der Waals surface area contributed by atoms with Crippen LogP contribution in [0, 0.1) is 0 Å². The van der Waals surface area contributed by atoms with Crippen molar-refractivity contribution >= 4 is 11.8 Å². The van der Waals surface area contributed by atoms with Crippen LogP contribution in [-0.2, 0) is 19.1 Å². The Balaban J connectivity index is 2.87. The van der Waals surface area contributed by atoms with Crippen LogP contribution in [0.5, 0.6) is 0 Å². The van der Waals surface area contributed by atoms with Crippen LogP contribution in [0.2, 0.25) is 0 Å². The maximum atomic E-state index is 11.7. The van der Waals surface area contributed by atoms with E-state index in [4.69, 9.17) is 9.84 Å². The number of ketones is 1. The van der Waals surface area contributed by atoms with E-state index in [0.29, 0.717) is 0 Å². The van der Waals surface area contributed by atoms with Gasteiger partial charge in [0.15, 0.2) is 5.76 Å². The Morgan fingerprint density at radius 3 is 2.61 bits per heavy atom. The van der Waals surface area contributed by atoms with E-state index in [-0.39, 0.29) is 30.8 Å². The third-order valence-corrected chi connectivity index (χ3v) is 2.70. The summed E-state index contributed by atoms with van der Waals surface area (Å²) < 4.78 is 9.40. The first kappa shape index (κ1) is 14.5. The van der Waals surface area contributed by atoms with Crippen LogP contribution in [0.25, 0.3) is 0 Å². The molecule has 1 rings (SSSR count). The van der Waals surface area contributed by atoms with Gasteiger partial charge in [0.1, 0.15) is 12.1 Å². The molecule has 0 aromatic rings. The van der Waals surface area contributed by atoms with E-state index >= 15 is 0 Å². The molecule has 0 bridgehead atoms. The van der Waals surface area contributed by atoms with Gasteiger partial charge in [-0.05, 0) is 0 Å². The average molecular weight is 259 g/mol. The van der Waals surface area contributed by atoms with E-state index in [2.05, 4.69) is 10.1 Å². The van der Waals surface area contributed by atoms with Gasteiger partial charge in [0, 0.05) is 12.8 Å². The quantitative estimate of drug-likeness (QED) is 0.527. The molecule has 1 atom stereocenters. The summed E-state index contributed by atoms with van der Waals surface area (Å²) in [5, 5.41) is 21.7. The molecule has 0 spiro atoms. The number of ether oxygens (including phenoxy) is 2. The van der Waals surface area contributed by atoms with Gasteiger partial charge in [0.2, 0.25) is 5.78 Å². The van der Waals surface area contributed by atoms with Crippen LogP contribution in [0.15, 0.2) is 11.5 Å². The number of carbonyl (C=O) groups excluding carboxylic acids is 2. The highest BCUT2D eigenvalue weighted by atomic mass is 16.5. The number of carbonyl (C=O) groups is 2. The molecule has 0 radical (unpaired) electrons. The number of esters is 1. The highest BCUT2D eigenvalue weighted by Gasteiger charge is 2.38. The average Bonchev–Trinajstić information content (AvgIpc) is 2.35. The molecule has 102 valence electrons. The van der Waals surface area contributed by atoms with Gasteiger partial charge in [0.25, 0.3) is 0 Å². The number of aliphatic hydroxyl groups is 2. The number of hydrogen-bond donors (Lipinski definition) is 3. The Kier molecular flexibility index (Phi) is 4.69. The molecule has 0 saturated carbocycles. The van der Waals surface area contributed by atoms with Gasteiger partial charge in [-0.2, -0.15) is 0 Å². The molecule has 1 aliphatic carbocycles. The summed E-state index contributed by atoms with van der Waals surface area (Å²) in [7, 11) is 2.57. The van der Waals surface area contributed by atoms with Crippen molar-refractivity contribution in [2.75, 3.05) is 27.4 Å². The van der Waals surface area contributed by atoms with E-state index in [9.17, 15) is 14.7 Å². The largest absolute Gasteiger partial charge is 0.491 e. The van der Waals surface area contributed by atoms with Gasteiger partial charge in [-0.25, -0.2) is 0 Å². The number of rotatable bonds is 5. The second-order valence-corrected chi connectivity index (χ2v) is 4.10. The minimum absolute atomic E-state index is 0.00933. The van der Waals surface area contributed by atoms with Gasteiger partial charge in [0.05, 0.1) is 26.5 Å². The second-order valence-electron chi connectivity index (χ2n) is 4.10. The summed E-state index contributed by atoms with van der Waals surface area (Å²) in [6.45, 7) is -0.688. The van der Waals surface area contributed by atoms with E-state index in [1.807, 2.05) is 0 Å². The summed E-state index contributed by atoms with van der Waals surface area (Å²) in [5.74, 6) is -0.867. The zero-order valence-electron chi connectivity index (χ0n) is 10.4. The van der Waals surface area contributed by atoms with Crippen molar-refractivity contribution in [3.05, 3.63) is 11.5 Å². The molecular weight excluding hydrogens is 242 g/mol. The van der Waals surface area contributed by atoms with Crippen molar-refractivity contribution in [3.63, 3.8) is 0 Å². The monoisotopic (exact) mass is 259 g/mol. The minimum Gasteiger partial charge on any atom is -0.491 e. The Morgan fingerprint density at radius 2 is 2.11 bits per heavy atom. The van der Waals surface area contributed by atoms with Crippen LogP contribution in [0.1, 0.15) is 12.8 Å². The molecule has 0 fully saturated rings. The zero-order valence-corrected chi connectivity index (χ0v) is 10.4. The van der Waals surface area contributed by atoms with E-state index in [1.165, 1.54) is 14.2 Å². The third-order valence-electron chi connectivity index (χ3n) is 2.70. The van der Waals surface area contributed by atoms with Crippen LogP contribution < -0.4 is 5.32 Å². The lowest BCUT2D eigenvalue weighted by molar-refractivity contribution is -0.139. The van der Waals surface area contributed by atoms with Gasteiger partial charge in [-0.15, -0.1) is 0 Å². The zero-order chi connectivity index (χ0) is 13.8. The van der Waals surface area contributed by atoms with Gasteiger partial charge < -0.3 is 25.0 Å². The number of Topliss-reactive ketones (excluding diaryl/α,β-unsaturated/α-hetero) is 1. The Hall–Kier alpha value is -1.60. The molecule has 7 nitrogen and oxygen atoms in total. The summed E-state index contributed by atoms with van der Waals surface area (Å²) in [4.78, 5) is 22.7. The molecule has 18 heavy (non-hydrogen) atoms. The Morgan fingerprint density at radius 1 is 1.44 bits per heavy atom. The fraction of sp³-hybridized carbons (Fsp3) is 0.636. The fourth-order valence-electron chi connectivity index (χ4n) is 1.76. The lowest BCUT2D eigenvalue weighted by Crippen LogP contribution is -2.43. The molecule has 0 aliphatic heterocycles. The van der Waals surface area contributed by atoms with Gasteiger partial charge in [-0.3, -0.25) is 9.59 Å². The molecule has 0 saturated heterocycles. The van der Waals surface area contributed by atoms with Crippen molar-refractivity contribution in [1.82, 2.24) is 5.32 Å². The van der Waals surface area contributed by atoms with Crippen molar-refractivity contribution in [2.45, 2.75) is 18.4 Å². The first-order chi connectivity index (χ1) is 8.45. The predicted octanol–water partition coefficient (Wildman–Crippen LogP) is -1.31. The maximum Gasteiger partial charge on any atom is 0.325 e. The molecule has 0 heterocycles. The molecule has 7 heteroatoms. The fourth-order valence-corrected chi connectivity index (χ4v) is 1.76. The van der Waals surface area contributed by atoms with Crippen molar-refractivity contribution in [3.8, 4) is 0 Å². The molecule has 0 amide bonds. The standard InChI is InChI=1S/C11H17NO6/c1-17-9(15)5-12-7-3-11(16,6-13)4-8(14)10(7)18-2/h12-13,16H,3-6H2,1-2H3/t11-/m0/s1. The summed E-state index contributed by atoms with van der Waals surface area (Å²) in [6.07, 6.45) is -0.203. The maximum absolute atomic E-state index is 11.7. The molecule has 1 aliphatic rings. The normalized spacial score (nSPS) is 23.9. The van der Waals surface area contributed by atoms with Crippen LogP contribution >= 0.6 is 0 Å². The molecule has 0 aromatic carbocycles. The van der Waals surface area contributed by atoms with Crippen molar-refractivity contribution in [1.29, 1.82) is 0 Å². The predicted molar refractivity (Wildman–Crippen MR) is 60.3 cm³/mol. The molecular formula is C11H17NO6. The van der Waals surface area contributed by atoms with Crippen LogP contribution in [0.3, 0.4) is 0 Å². The van der Waals surface area contributed by atoms with Gasteiger partial charge >= 0.3 is 5.97 Å². The highest BCUT2D eigenvalue weighted by molar-refractivity contribution is 5.96. The van der Waals surface area contributed by atoms with Crippen LogP contribution in [-0.4, -0.2) is 54.9 Å². The number of methoxy groups -OCH3 is 2. The molecule has 0 unspecified atom stereocenters. The van der Waals surface area contributed by atoms with Crippen LogP contribution in [0.4, 0.5) is 0 Å². The number of aliphatic hydroxyl groups excluding tert-OH is 1. The summed E-state index contributed by atoms with van der Waals surface area (Å²) in [5.41, 5.74) is -1.23. The topological polar surface area (TPSA) is 105 Å². The Bertz CT molecular complexity index is 378. The summed E-state index contributed by atoms with van der Waals surface area (Å²) in [6, 6.07) is 0. The number of hydrogen-bond acceptors (Lipinski definition) is 7. The number of allylic oxidation sites excluding steroid dienone is 1. The lowest BCUT2D eigenvalue weighted by Gasteiger charge is -2.31. The smallest absolute Gasteiger partial charge is 0.325 e. The van der Waals surface area contributed by atoms with Crippen molar-refractivity contribution in [2.24, 2.45) is 0 Å². The van der Waals surface area contributed by atoms with E-state index in [1.54, 1.807) is 0 Å².